The van der Waals surface area contributed by atoms with Crippen molar-refractivity contribution in [3.63, 3.8) is 0 Å². The van der Waals surface area contributed by atoms with Gasteiger partial charge >= 0.3 is 51.5 Å². The molecule has 68 valence electrons. The SMILES string of the molecule is C=CCC(CCCC)C(=O)O.[SrH2]. The number of hydrogen-bond donors (Lipinski definition) is 1. The van der Waals surface area contributed by atoms with Crippen molar-refractivity contribution in [2.75, 3.05) is 0 Å². The van der Waals surface area contributed by atoms with E-state index >= 15 is 0 Å². The summed E-state index contributed by atoms with van der Waals surface area (Å²) in [5.74, 6) is -0.911. The first-order valence-electron chi connectivity index (χ1n) is 4.06. The van der Waals surface area contributed by atoms with Crippen molar-refractivity contribution in [1.29, 1.82) is 0 Å². The van der Waals surface area contributed by atoms with Crippen LogP contribution < -0.4 is 0 Å². The van der Waals surface area contributed by atoms with Crippen LogP contribution in [0.1, 0.15) is 32.6 Å². The summed E-state index contributed by atoms with van der Waals surface area (Å²) >= 11 is 0. The first-order valence-corrected chi connectivity index (χ1v) is 4.06. The van der Waals surface area contributed by atoms with Crippen molar-refractivity contribution in [2.45, 2.75) is 32.6 Å². The number of rotatable bonds is 6. The normalized spacial score (nSPS) is 11.4. The quantitative estimate of drug-likeness (QED) is 0.570. The molecule has 0 saturated heterocycles. The van der Waals surface area contributed by atoms with E-state index in [9.17, 15) is 4.79 Å². The molecule has 1 N–H and O–H groups in total. The van der Waals surface area contributed by atoms with Gasteiger partial charge in [-0.1, -0.05) is 25.8 Å². The van der Waals surface area contributed by atoms with Crippen LogP contribution in [0, 0.1) is 5.92 Å². The molecule has 0 heterocycles. The van der Waals surface area contributed by atoms with Crippen LogP contribution in [0.5, 0.6) is 0 Å². The van der Waals surface area contributed by atoms with E-state index in [-0.39, 0.29) is 51.4 Å². The molecule has 0 aromatic carbocycles. The van der Waals surface area contributed by atoms with Crippen molar-refractivity contribution < 1.29 is 9.90 Å². The fourth-order valence-electron chi connectivity index (χ4n) is 0.994. The Morgan fingerprint density at radius 1 is 1.67 bits per heavy atom. The third-order valence-corrected chi connectivity index (χ3v) is 1.71. The molecule has 2 nitrogen and oxygen atoms in total. The Kier molecular flexibility index (Phi) is 12.4. The molecule has 0 rings (SSSR count). The summed E-state index contributed by atoms with van der Waals surface area (Å²) in [4.78, 5) is 10.5. The maximum absolute atomic E-state index is 10.5. The second kappa shape index (κ2) is 9.78. The zero-order chi connectivity index (χ0) is 8.69. The zero-order valence-corrected chi connectivity index (χ0v) is 7.05. The molecule has 0 aliphatic heterocycles. The van der Waals surface area contributed by atoms with Crippen LogP contribution in [0.2, 0.25) is 0 Å². The molecule has 1 atom stereocenters. The molecular formula is C9H18O2Sr. The van der Waals surface area contributed by atoms with E-state index in [1.54, 1.807) is 6.08 Å². The van der Waals surface area contributed by atoms with Crippen molar-refractivity contribution in [1.82, 2.24) is 0 Å². The Bertz CT molecular complexity index is 134. The van der Waals surface area contributed by atoms with E-state index in [0.29, 0.717) is 6.42 Å². The number of allylic oxidation sites excluding steroid dienone is 1. The van der Waals surface area contributed by atoms with E-state index in [4.69, 9.17) is 5.11 Å². The minimum absolute atomic E-state index is 0. The van der Waals surface area contributed by atoms with Gasteiger partial charge in [0, 0.05) is 0 Å². The van der Waals surface area contributed by atoms with Crippen LogP contribution in [0.4, 0.5) is 0 Å². The molecule has 0 aliphatic carbocycles. The minimum atomic E-state index is -0.696. The fraction of sp³-hybridized carbons (Fsp3) is 0.667. The number of carbonyl (C=O) groups is 1. The van der Waals surface area contributed by atoms with Gasteiger partial charge in [0.2, 0.25) is 0 Å². The van der Waals surface area contributed by atoms with Gasteiger partial charge in [-0.3, -0.25) is 4.79 Å². The van der Waals surface area contributed by atoms with E-state index in [2.05, 4.69) is 13.5 Å². The number of unbranched alkanes of at least 4 members (excludes halogenated alkanes) is 1. The summed E-state index contributed by atoms with van der Waals surface area (Å²) in [6.07, 6.45) is 5.09. The van der Waals surface area contributed by atoms with Crippen molar-refractivity contribution in [3.05, 3.63) is 12.7 Å². The summed E-state index contributed by atoms with van der Waals surface area (Å²) in [7, 11) is 0. The average Bonchev–Trinajstić information content (AvgIpc) is 1.97. The topological polar surface area (TPSA) is 37.3 Å². The zero-order valence-electron chi connectivity index (χ0n) is 7.05. The number of carboxylic acid groups (broad SMARTS) is 1. The molecule has 0 amide bonds. The molecule has 0 aliphatic rings. The Labute approximate surface area is 111 Å². The van der Waals surface area contributed by atoms with Crippen LogP contribution in [0.3, 0.4) is 0 Å². The van der Waals surface area contributed by atoms with Crippen molar-refractivity contribution >= 4 is 51.5 Å². The van der Waals surface area contributed by atoms with E-state index in [1.807, 2.05) is 0 Å². The van der Waals surface area contributed by atoms with Gasteiger partial charge in [-0.15, -0.1) is 6.58 Å². The third kappa shape index (κ3) is 7.35. The van der Waals surface area contributed by atoms with Crippen LogP contribution >= 0.6 is 0 Å². The van der Waals surface area contributed by atoms with Gasteiger partial charge in [0.05, 0.1) is 5.92 Å². The van der Waals surface area contributed by atoms with Crippen molar-refractivity contribution in [3.8, 4) is 0 Å². The van der Waals surface area contributed by atoms with Gasteiger partial charge in [-0.05, 0) is 12.8 Å². The number of aliphatic carboxylic acids is 1. The molecule has 0 aromatic heterocycles. The molecule has 0 aromatic rings. The maximum atomic E-state index is 10.5. The average molecular weight is 246 g/mol. The monoisotopic (exact) mass is 246 g/mol. The summed E-state index contributed by atoms with van der Waals surface area (Å²) in [6.45, 7) is 5.59. The summed E-state index contributed by atoms with van der Waals surface area (Å²) in [5, 5.41) is 8.68. The predicted octanol–water partition coefficient (Wildman–Crippen LogP) is 1.54. The molecule has 1 unspecified atom stereocenters. The molecule has 12 heavy (non-hydrogen) atoms. The molecule has 0 spiro atoms. The first-order chi connectivity index (χ1) is 5.22. The Hall–Kier alpha value is 0.691. The van der Waals surface area contributed by atoms with Gasteiger partial charge in [-0.2, -0.15) is 0 Å². The van der Waals surface area contributed by atoms with Crippen LogP contribution in [0.15, 0.2) is 12.7 Å². The van der Waals surface area contributed by atoms with E-state index < -0.39 is 5.97 Å². The molecule has 0 radical (unpaired) electrons. The Morgan fingerprint density at radius 2 is 2.25 bits per heavy atom. The van der Waals surface area contributed by atoms with E-state index in [1.165, 1.54) is 0 Å². The van der Waals surface area contributed by atoms with Gasteiger partial charge in [0.25, 0.3) is 0 Å². The summed E-state index contributed by atoms with van der Waals surface area (Å²) in [5.41, 5.74) is 0. The second-order valence-electron chi connectivity index (χ2n) is 2.70. The molecule has 0 saturated carbocycles. The molecule has 0 bridgehead atoms. The molecular weight excluding hydrogens is 228 g/mol. The standard InChI is InChI=1S/C9H16O2.Sr.2H/c1-3-5-7-8(6-4-2)9(10)11;;;/h4,8H,2-3,5-7H2,1H3,(H,10,11);;;. The third-order valence-electron chi connectivity index (χ3n) is 1.71. The molecule has 3 heteroatoms. The van der Waals surface area contributed by atoms with Gasteiger partial charge < -0.3 is 5.11 Å². The second-order valence-corrected chi connectivity index (χ2v) is 2.70. The van der Waals surface area contributed by atoms with Gasteiger partial charge in [-0.25, -0.2) is 0 Å². The molecule has 0 fully saturated rings. The van der Waals surface area contributed by atoms with Crippen LogP contribution in [-0.2, 0) is 4.79 Å². The summed E-state index contributed by atoms with van der Waals surface area (Å²) in [6, 6.07) is 0. The Morgan fingerprint density at radius 3 is 2.58 bits per heavy atom. The first kappa shape index (κ1) is 15.2. The van der Waals surface area contributed by atoms with Crippen molar-refractivity contribution in [2.24, 2.45) is 5.92 Å². The van der Waals surface area contributed by atoms with Crippen LogP contribution in [0.25, 0.3) is 0 Å². The number of carboxylic acids is 1. The van der Waals surface area contributed by atoms with Gasteiger partial charge in [0.15, 0.2) is 0 Å². The van der Waals surface area contributed by atoms with Gasteiger partial charge in [0.1, 0.15) is 0 Å². The fourth-order valence-corrected chi connectivity index (χ4v) is 0.994. The Balaban J connectivity index is 0. The predicted molar refractivity (Wildman–Crippen MR) is 54.0 cm³/mol. The summed E-state index contributed by atoms with van der Waals surface area (Å²) < 4.78 is 0. The van der Waals surface area contributed by atoms with E-state index in [0.717, 1.165) is 19.3 Å². The number of hydrogen-bond acceptors (Lipinski definition) is 1. The van der Waals surface area contributed by atoms with Crippen LogP contribution in [-0.4, -0.2) is 56.6 Å².